The summed E-state index contributed by atoms with van der Waals surface area (Å²) >= 11 is 0. The van der Waals surface area contributed by atoms with Gasteiger partial charge in [-0.1, -0.05) is 0 Å². The van der Waals surface area contributed by atoms with Gasteiger partial charge in [-0.05, 0) is 57.1 Å². The largest absolute Gasteiger partial charge is 0.477 e. The lowest BCUT2D eigenvalue weighted by molar-refractivity contribution is 0.283. The van der Waals surface area contributed by atoms with Gasteiger partial charge in [0.1, 0.15) is 0 Å². The SMILES string of the molecule is Cc1cc(C)c(CNC2CC2)c(OCC2CC2)n1. The number of aromatic nitrogens is 1. The maximum atomic E-state index is 5.92. The van der Waals surface area contributed by atoms with Gasteiger partial charge in [0, 0.05) is 23.8 Å². The molecule has 3 heteroatoms. The summed E-state index contributed by atoms with van der Waals surface area (Å²) < 4.78 is 5.92. The molecule has 1 aromatic heterocycles. The molecule has 0 saturated heterocycles. The summed E-state index contributed by atoms with van der Waals surface area (Å²) in [6.45, 7) is 5.92. The number of rotatable bonds is 6. The van der Waals surface area contributed by atoms with Crippen molar-refractivity contribution in [3.8, 4) is 5.88 Å². The lowest BCUT2D eigenvalue weighted by Gasteiger charge is -2.14. The lowest BCUT2D eigenvalue weighted by atomic mass is 10.1. The number of hydrogen-bond donors (Lipinski definition) is 1. The van der Waals surface area contributed by atoms with E-state index in [9.17, 15) is 0 Å². The predicted molar refractivity (Wildman–Crippen MR) is 71.8 cm³/mol. The number of nitrogens with zero attached hydrogens (tertiary/aromatic N) is 1. The summed E-state index contributed by atoms with van der Waals surface area (Å²) in [5.74, 6) is 1.63. The standard InChI is InChI=1S/C15H22N2O/c1-10-7-11(2)17-15(18-9-12-3-4-12)14(10)8-16-13-5-6-13/h7,12-13,16H,3-6,8-9H2,1-2H3. The van der Waals surface area contributed by atoms with Gasteiger partial charge in [0.25, 0.3) is 0 Å². The molecule has 3 rings (SSSR count). The van der Waals surface area contributed by atoms with Crippen LogP contribution in [0.4, 0.5) is 0 Å². The normalized spacial score (nSPS) is 19.0. The summed E-state index contributed by atoms with van der Waals surface area (Å²) in [6, 6.07) is 2.87. The summed E-state index contributed by atoms with van der Waals surface area (Å²) in [5, 5.41) is 3.56. The Bertz CT molecular complexity index is 436. The Hall–Kier alpha value is -1.09. The average Bonchev–Trinajstić information content (AvgIpc) is 3.19. The Morgan fingerprint density at radius 1 is 1.28 bits per heavy atom. The van der Waals surface area contributed by atoms with Crippen molar-refractivity contribution in [3.63, 3.8) is 0 Å². The molecular weight excluding hydrogens is 224 g/mol. The van der Waals surface area contributed by atoms with E-state index in [4.69, 9.17) is 4.74 Å². The van der Waals surface area contributed by atoms with Gasteiger partial charge >= 0.3 is 0 Å². The van der Waals surface area contributed by atoms with Crippen molar-refractivity contribution in [3.05, 3.63) is 22.9 Å². The summed E-state index contributed by atoms with van der Waals surface area (Å²) in [7, 11) is 0. The minimum atomic E-state index is 0.724. The molecule has 3 nitrogen and oxygen atoms in total. The van der Waals surface area contributed by atoms with Crippen molar-refractivity contribution >= 4 is 0 Å². The molecule has 0 aromatic carbocycles. The summed E-state index contributed by atoms with van der Waals surface area (Å²) in [6.07, 6.45) is 5.27. The van der Waals surface area contributed by atoms with E-state index in [2.05, 4.69) is 23.3 Å². The second-order valence-electron chi connectivity index (χ2n) is 5.77. The quantitative estimate of drug-likeness (QED) is 0.838. The van der Waals surface area contributed by atoms with Gasteiger partial charge in [-0.2, -0.15) is 0 Å². The molecule has 1 heterocycles. The highest BCUT2D eigenvalue weighted by molar-refractivity contribution is 5.36. The summed E-state index contributed by atoms with van der Waals surface area (Å²) in [4.78, 5) is 4.57. The highest BCUT2D eigenvalue weighted by atomic mass is 16.5. The first kappa shape index (κ1) is 12.0. The molecule has 18 heavy (non-hydrogen) atoms. The molecule has 0 amide bonds. The van der Waals surface area contributed by atoms with E-state index in [0.717, 1.165) is 36.7 Å². The molecule has 2 aliphatic rings. The van der Waals surface area contributed by atoms with E-state index >= 15 is 0 Å². The van der Waals surface area contributed by atoms with Gasteiger partial charge < -0.3 is 10.1 Å². The lowest BCUT2D eigenvalue weighted by Crippen LogP contribution is -2.18. The molecule has 0 bridgehead atoms. The van der Waals surface area contributed by atoms with Crippen LogP contribution in [0.25, 0.3) is 0 Å². The zero-order valence-corrected chi connectivity index (χ0v) is 11.3. The summed E-state index contributed by atoms with van der Waals surface area (Å²) in [5.41, 5.74) is 3.59. The number of aryl methyl sites for hydroxylation is 2. The van der Waals surface area contributed by atoms with Crippen molar-refractivity contribution in [1.29, 1.82) is 0 Å². The van der Waals surface area contributed by atoms with Gasteiger partial charge in [0.2, 0.25) is 5.88 Å². The second-order valence-corrected chi connectivity index (χ2v) is 5.77. The minimum absolute atomic E-state index is 0.724. The Balaban J connectivity index is 1.72. The van der Waals surface area contributed by atoms with Gasteiger partial charge in [-0.3, -0.25) is 0 Å². The molecule has 0 spiro atoms. The monoisotopic (exact) mass is 246 g/mol. The van der Waals surface area contributed by atoms with Crippen molar-refractivity contribution in [2.75, 3.05) is 6.61 Å². The Labute approximate surface area is 109 Å². The van der Waals surface area contributed by atoms with E-state index in [1.54, 1.807) is 0 Å². The van der Waals surface area contributed by atoms with Crippen LogP contribution in [0.1, 0.15) is 42.5 Å². The third-order valence-corrected chi connectivity index (χ3v) is 3.73. The molecular formula is C15H22N2O. The van der Waals surface area contributed by atoms with Crippen LogP contribution in [-0.4, -0.2) is 17.6 Å². The van der Waals surface area contributed by atoms with E-state index in [-0.39, 0.29) is 0 Å². The highest BCUT2D eigenvalue weighted by Crippen LogP contribution is 2.31. The van der Waals surface area contributed by atoms with Crippen LogP contribution in [0, 0.1) is 19.8 Å². The van der Waals surface area contributed by atoms with Crippen molar-refractivity contribution in [2.24, 2.45) is 5.92 Å². The van der Waals surface area contributed by atoms with Crippen LogP contribution in [0.2, 0.25) is 0 Å². The first-order valence-electron chi connectivity index (χ1n) is 7.05. The van der Waals surface area contributed by atoms with Crippen LogP contribution in [0.5, 0.6) is 5.88 Å². The fourth-order valence-electron chi connectivity index (χ4n) is 2.18. The molecule has 98 valence electrons. The number of nitrogens with one attached hydrogen (secondary N) is 1. The molecule has 1 aromatic rings. The maximum absolute atomic E-state index is 5.92. The highest BCUT2D eigenvalue weighted by Gasteiger charge is 2.24. The topological polar surface area (TPSA) is 34.1 Å². The van der Waals surface area contributed by atoms with Gasteiger partial charge in [0.05, 0.1) is 6.61 Å². The van der Waals surface area contributed by atoms with Gasteiger partial charge in [0.15, 0.2) is 0 Å². The van der Waals surface area contributed by atoms with E-state index in [1.807, 2.05) is 6.92 Å². The molecule has 0 aliphatic heterocycles. The molecule has 0 radical (unpaired) electrons. The zero-order chi connectivity index (χ0) is 12.5. The van der Waals surface area contributed by atoms with Crippen LogP contribution in [0.15, 0.2) is 6.07 Å². The molecule has 2 saturated carbocycles. The van der Waals surface area contributed by atoms with Crippen LogP contribution in [-0.2, 0) is 6.54 Å². The Morgan fingerprint density at radius 2 is 2.06 bits per heavy atom. The predicted octanol–water partition coefficient (Wildman–Crippen LogP) is 2.74. The van der Waals surface area contributed by atoms with Crippen LogP contribution >= 0.6 is 0 Å². The first-order chi connectivity index (χ1) is 8.72. The smallest absolute Gasteiger partial charge is 0.218 e. The van der Waals surface area contributed by atoms with Gasteiger partial charge in [-0.25, -0.2) is 4.98 Å². The number of pyridine rings is 1. The van der Waals surface area contributed by atoms with E-state index in [1.165, 1.54) is 36.8 Å². The molecule has 2 fully saturated rings. The fraction of sp³-hybridized carbons (Fsp3) is 0.667. The average molecular weight is 246 g/mol. The fourth-order valence-corrected chi connectivity index (χ4v) is 2.18. The van der Waals surface area contributed by atoms with Crippen molar-refractivity contribution in [2.45, 2.75) is 52.1 Å². The Kier molecular flexibility index (Phi) is 3.25. The third kappa shape index (κ3) is 3.02. The Morgan fingerprint density at radius 3 is 2.72 bits per heavy atom. The van der Waals surface area contributed by atoms with Crippen molar-refractivity contribution < 1.29 is 4.74 Å². The molecule has 0 unspecified atom stereocenters. The first-order valence-corrected chi connectivity index (χ1v) is 7.05. The molecule has 2 aliphatic carbocycles. The second kappa shape index (κ2) is 4.88. The van der Waals surface area contributed by atoms with E-state index in [0.29, 0.717) is 0 Å². The minimum Gasteiger partial charge on any atom is -0.477 e. The zero-order valence-electron chi connectivity index (χ0n) is 11.3. The number of ether oxygens (including phenoxy) is 1. The van der Waals surface area contributed by atoms with Gasteiger partial charge in [-0.15, -0.1) is 0 Å². The third-order valence-electron chi connectivity index (χ3n) is 3.73. The van der Waals surface area contributed by atoms with E-state index < -0.39 is 0 Å². The van der Waals surface area contributed by atoms with Crippen molar-refractivity contribution in [1.82, 2.24) is 10.3 Å². The molecule has 1 N–H and O–H groups in total. The molecule has 0 atom stereocenters. The van der Waals surface area contributed by atoms with Crippen LogP contribution in [0.3, 0.4) is 0 Å². The maximum Gasteiger partial charge on any atom is 0.218 e. The number of hydrogen-bond acceptors (Lipinski definition) is 3. The van der Waals surface area contributed by atoms with Crippen LogP contribution < -0.4 is 10.1 Å².